The summed E-state index contributed by atoms with van der Waals surface area (Å²) in [5.74, 6) is 0. The fraction of sp³-hybridized carbons (Fsp3) is 0.0769. The van der Waals surface area contributed by atoms with Crippen molar-refractivity contribution in [3.63, 3.8) is 0 Å². The maximum Gasteiger partial charge on any atom is 0.238 e. The van der Waals surface area contributed by atoms with Crippen molar-refractivity contribution in [2.45, 2.75) is 4.90 Å². The highest BCUT2D eigenvalue weighted by atomic mass is 32.2. The van der Waals surface area contributed by atoms with E-state index in [0.29, 0.717) is 5.56 Å². The number of benzene rings is 1. The fourth-order valence-electron chi connectivity index (χ4n) is 1.78. The maximum absolute atomic E-state index is 11.3. The van der Waals surface area contributed by atoms with Crippen LogP contribution >= 0.6 is 0 Å². The molecular weight excluding hydrogens is 262 g/mol. The van der Waals surface area contributed by atoms with Crippen molar-refractivity contribution in [3.05, 3.63) is 60.0 Å². The zero-order chi connectivity index (χ0) is 13.9. The van der Waals surface area contributed by atoms with Gasteiger partial charge in [-0.05, 0) is 47.2 Å². The lowest BCUT2D eigenvalue weighted by Gasteiger charge is -2.05. The van der Waals surface area contributed by atoms with Gasteiger partial charge in [-0.25, -0.2) is 13.6 Å². The first kappa shape index (κ1) is 13.4. The molecule has 5 N–H and O–H groups in total. The molecule has 2 rings (SSSR count). The van der Waals surface area contributed by atoms with Gasteiger partial charge in [0.25, 0.3) is 0 Å². The summed E-state index contributed by atoms with van der Waals surface area (Å²) in [5, 5.41) is 8.17. The highest BCUT2D eigenvalue weighted by Gasteiger charge is 2.09. The molecule has 0 amide bonds. The average molecular weight is 277 g/mol. The zero-order valence-electron chi connectivity index (χ0n) is 10.2. The van der Waals surface area contributed by atoms with E-state index in [1.54, 1.807) is 12.1 Å². The van der Waals surface area contributed by atoms with Crippen LogP contribution in [0.2, 0.25) is 0 Å². The van der Waals surface area contributed by atoms with Gasteiger partial charge in [-0.15, -0.1) is 0 Å². The van der Waals surface area contributed by atoms with E-state index in [-0.39, 0.29) is 4.90 Å². The van der Waals surface area contributed by atoms with E-state index in [1.165, 1.54) is 18.3 Å². The normalized spacial score (nSPS) is 17.7. The van der Waals surface area contributed by atoms with Crippen molar-refractivity contribution in [1.82, 2.24) is 5.32 Å². The van der Waals surface area contributed by atoms with Crippen LogP contribution in [-0.4, -0.2) is 15.0 Å². The van der Waals surface area contributed by atoms with Gasteiger partial charge in [0.15, 0.2) is 0 Å². The van der Waals surface area contributed by atoms with Crippen molar-refractivity contribution in [1.29, 1.82) is 0 Å². The molecule has 6 heteroatoms. The average Bonchev–Trinajstić information content (AvgIpc) is 2.88. The SMILES string of the molecule is N/C=C(\C=C1\C=CNC1)c1cccc(S(N)(=O)=O)c1. The van der Waals surface area contributed by atoms with Gasteiger partial charge in [-0.2, -0.15) is 0 Å². The summed E-state index contributed by atoms with van der Waals surface area (Å²) in [6.45, 7) is 0.728. The number of sulfonamides is 1. The summed E-state index contributed by atoms with van der Waals surface area (Å²) in [7, 11) is -3.71. The van der Waals surface area contributed by atoms with Crippen LogP contribution in [0, 0.1) is 0 Å². The number of hydrogen-bond acceptors (Lipinski definition) is 4. The van der Waals surface area contributed by atoms with E-state index >= 15 is 0 Å². The molecule has 1 aliphatic rings. The molecule has 0 aromatic heterocycles. The molecule has 0 bridgehead atoms. The lowest BCUT2D eigenvalue weighted by molar-refractivity contribution is 0.598. The zero-order valence-corrected chi connectivity index (χ0v) is 11.0. The Labute approximate surface area is 112 Å². The molecule has 0 atom stereocenters. The van der Waals surface area contributed by atoms with Crippen LogP contribution in [-0.2, 0) is 10.0 Å². The molecule has 1 aliphatic heterocycles. The first-order chi connectivity index (χ1) is 9.00. The highest BCUT2D eigenvalue weighted by molar-refractivity contribution is 7.89. The largest absolute Gasteiger partial charge is 0.404 e. The quantitative estimate of drug-likeness (QED) is 0.756. The molecule has 0 spiro atoms. The van der Waals surface area contributed by atoms with Gasteiger partial charge in [-0.1, -0.05) is 12.1 Å². The molecule has 5 nitrogen and oxygen atoms in total. The van der Waals surface area contributed by atoms with Gasteiger partial charge in [0.2, 0.25) is 10.0 Å². The monoisotopic (exact) mass is 277 g/mol. The van der Waals surface area contributed by atoms with Gasteiger partial charge in [-0.3, -0.25) is 0 Å². The minimum absolute atomic E-state index is 0.0721. The van der Waals surface area contributed by atoms with E-state index in [9.17, 15) is 8.42 Å². The summed E-state index contributed by atoms with van der Waals surface area (Å²) >= 11 is 0. The second kappa shape index (κ2) is 5.29. The van der Waals surface area contributed by atoms with Gasteiger partial charge >= 0.3 is 0 Å². The molecule has 0 radical (unpaired) electrons. The molecule has 1 aromatic carbocycles. The minimum Gasteiger partial charge on any atom is -0.404 e. The van der Waals surface area contributed by atoms with Crippen LogP contribution in [0.5, 0.6) is 0 Å². The Morgan fingerprint density at radius 3 is 2.74 bits per heavy atom. The summed E-state index contributed by atoms with van der Waals surface area (Å²) in [6, 6.07) is 6.39. The number of rotatable bonds is 3. The van der Waals surface area contributed by atoms with Crippen LogP contribution in [0.25, 0.3) is 5.57 Å². The molecule has 1 aromatic rings. The van der Waals surface area contributed by atoms with Crippen LogP contribution in [0.4, 0.5) is 0 Å². The number of hydrogen-bond donors (Lipinski definition) is 3. The van der Waals surface area contributed by atoms with Crippen molar-refractivity contribution < 1.29 is 8.42 Å². The summed E-state index contributed by atoms with van der Waals surface area (Å²) in [4.78, 5) is 0.0721. The summed E-state index contributed by atoms with van der Waals surface area (Å²) < 4.78 is 22.7. The molecule has 0 saturated heterocycles. The third-order valence-corrected chi connectivity index (χ3v) is 3.65. The van der Waals surface area contributed by atoms with E-state index < -0.39 is 10.0 Å². The van der Waals surface area contributed by atoms with Gasteiger partial charge in [0, 0.05) is 12.7 Å². The number of primary sulfonamides is 1. The molecular formula is C13H15N3O2S. The van der Waals surface area contributed by atoms with E-state index in [0.717, 1.165) is 17.7 Å². The van der Waals surface area contributed by atoms with Gasteiger partial charge in [0.05, 0.1) is 4.90 Å². The van der Waals surface area contributed by atoms with Crippen molar-refractivity contribution in [2.75, 3.05) is 6.54 Å². The molecule has 0 saturated carbocycles. The van der Waals surface area contributed by atoms with E-state index in [1.807, 2.05) is 18.4 Å². The molecule has 0 unspecified atom stereocenters. The van der Waals surface area contributed by atoms with Crippen LogP contribution in [0.15, 0.2) is 59.3 Å². The molecule has 1 heterocycles. The smallest absolute Gasteiger partial charge is 0.238 e. The molecule has 19 heavy (non-hydrogen) atoms. The third-order valence-electron chi connectivity index (χ3n) is 2.74. The second-order valence-electron chi connectivity index (χ2n) is 4.13. The number of nitrogens with one attached hydrogen (secondary N) is 1. The van der Waals surface area contributed by atoms with Crippen molar-refractivity contribution in [2.24, 2.45) is 10.9 Å². The predicted molar refractivity (Wildman–Crippen MR) is 75.2 cm³/mol. The lowest BCUT2D eigenvalue weighted by atomic mass is 10.0. The Kier molecular flexibility index (Phi) is 3.73. The Morgan fingerprint density at radius 1 is 1.37 bits per heavy atom. The van der Waals surface area contributed by atoms with Crippen molar-refractivity contribution in [3.8, 4) is 0 Å². The molecule has 0 aliphatic carbocycles. The molecule has 100 valence electrons. The van der Waals surface area contributed by atoms with Crippen molar-refractivity contribution >= 4 is 15.6 Å². The van der Waals surface area contributed by atoms with Crippen LogP contribution in [0.1, 0.15) is 5.56 Å². The predicted octanol–water partition coefficient (Wildman–Crippen LogP) is 0.677. The maximum atomic E-state index is 11.3. The Bertz CT molecular complexity index is 673. The Hall–Kier alpha value is -2.05. The second-order valence-corrected chi connectivity index (χ2v) is 5.69. The summed E-state index contributed by atoms with van der Waals surface area (Å²) in [6.07, 6.45) is 7.13. The number of nitrogens with two attached hydrogens (primary N) is 2. The standard InChI is InChI=1S/C13H15N3O2S/c14-8-12(6-10-4-5-16-9-10)11-2-1-3-13(7-11)19(15,17)18/h1-8,16H,9,14H2,(H2,15,17,18)/b10-6-,12-8+. The first-order valence-electron chi connectivity index (χ1n) is 5.66. The minimum atomic E-state index is -3.71. The van der Waals surface area contributed by atoms with Crippen LogP contribution in [0.3, 0.4) is 0 Å². The fourth-order valence-corrected chi connectivity index (χ4v) is 2.34. The topological polar surface area (TPSA) is 98.2 Å². The first-order valence-corrected chi connectivity index (χ1v) is 7.21. The number of allylic oxidation sites excluding steroid dienone is 2. The van der Waals surface area contributed by atoms with E-state index in [2.05, 4.69) is 5.32 Å². The van der Waals surface area contributed by atoms with Gasteiger partial charge in [0.1, 0.15) is 0 Å². The lowest BCUT2D eigenvalue weighted by Crippen LogP contribution is -2.12. The Morgan fingerprint density at radius 2 is 2.16 bits per heavy atom. The third kappa shape index (κ3) is 3.24. The Balaban J connectivity index is 2.40. The highest BCUT2D eigenvalue weighted by Crippen LogP contribution is 2.20. The molecule has 0 fully saturated rings. The van der Waals surface area contributed by atoms with E-state index in [4.69, 9.17) is 10.9 Å². The van der Waals surface area contributed by atoms with Crippen LogP contribution < -0.4 is 16.2 Å². The van der Waals surface area contributed by atoms with Gasteiger partial charge < -0.3 is 11.1 Å². The summed E-state index contributed by atoms with van der Waals surface area (Å²) in [5.41, 5.74) is 8.13.